The van der Waals surface area contributed by atoms with Crippen LogP contribution in [0.15, 0.2) is 0 Å². The van der Waals surface area contributed by atoms with Crippen LogP contribution in [0.1, 0.15) is 39.0 Å². The minimum absolute atomic E-state index is 0.173. The van der Waals surface area contributed by atoms with E-state index in [1.807, 2.05) is 0 Å². The van der Waals surface area contributed by atoms with Crippen LogP contribution in [-0.2, 0) is 9.53 Å². The van der Waals surface area contributed by atoms with Gasteiger partial charge >= 0.3 is 5.97 Å². The standard InChI is InChI=1S/C12H21NO2/c1-4-6-8-10-13-11(9-7-5-2)12(14)15-3/h1,11,13H,5-10H2,2-3H3. The number of carbonyl (C=O) groups excluding carboxylic acids is 1. The van der Waals surface area contributed by atoms with E-state index in [2.05, 4.69) is 18.2 Å². The van der Waals surface area contributed by atoms with Gasteiger partial charge in [0.1, 0.15) is 6.04 Å². The van der Waals surface area contributed by atoms with Crippen LogP contribution in [0.2, 0.25) is 0 Å². The predicted molar refractivity (Wildman–Crippen MR) is 61.4 cm³/mol. The molecule has 1 atom stereocenters. The van der Waals surface area contributed by atoms with Gasteiger partial charge in [-0.1, -0.05) is 19.8 Å². The molecule has 0 aliphatic carbocycles. The molecule has 0 radical (unpaired) electrons. The Bertz CT molecular complexity index is 208. The fraction of sp³-hybridized carbons (Fsp3) is 0.750. The molecule has 3 heteroatoms. The maximum absolute atomic E-state index is 11.4. The Kier molecular flexibility index (Phi) is 8.90. The van der Waals surface area contributed by atoms with Gasteiger partial charge in [-0.05, 0) is 19.4 Å². The molecule has 0 rings (SSSR count). The summed E-state index contributed by atoms with van der Waals surface area (Å²) in [6.07, 6.45) is 9.73. The highest BCUT2D eigenvalue weighted by molar-refractivity contribution is 5.75. The lowest BCUT2D eigenvalue weighted by atomic mass is 10.1. The second-order valence-electron chi connectivity index (χ2n) is 3.48. The van der Waals surface area contributed by atoms with E-state index in [4.69, 9.17) is 11.2 Å². The zero-order chi connectivity index (χ0) is 11.5. The number of hydrogen-bond donors (Lipinski definition) is 1. The van der Waals surface area contributed by atoms with Crippen LogP contribution < -0.4 is 5.32 Å². The molecule has 0 saturated carbocycles. The molecule has 15 heavy (non-hydrogen) atoms. The third kappa shape index (κ3) is 6.98. The van der Waals surface area contributed by atoms with Crippen molar-refractivity contribution in [3.63, 3.8) is 0 Å². The van der Waals surface area contributed by atoms with Crippen molar-refractivity contribution in [2.75, 3.05) is 13.7 Å². The zero-order valence-corrected chi connectivity index (χ0v) is 9.71. The maximum atomic E-state index is 11.4. The van der Waals surface area contributed by atoms with Crippen molar-refractivity contribution in [1.29, 1.82) is 0 Å². The number of methoxy groups -OCH3 is 1. The summed E-state index contributed by atoms with van der Waals surface area (Å²) in [4.78, 5) is 11.4. The number of hydrogen-bond acceptors (Lipinski definition) is 3. The predicted octanol–water partition coefficient (Wildman–Crippen LogP) is 1.72. The monoisotopic (exact) mass is 211 g/mol. The third-order valence-corrected chi connectivity index (χ3v) is 2.22. The van der Waals surface area contributed by atoms with Gasteiger partial charge in [-0.2, -0.15) is 0 Å². The van der Waals surface area contributed by atoms with Crippen LogP contribution >= 0.6 is 0 Å². The van der Waals surface area contributed by atoms with Crippen LogP contribution in [-0.4, -0.2) is 25.7 Å². The van der Waals surface area contributed by atoms with Crippen LogP contribution in [0, 0.1) is 12.3 Å². The molecule has 1 unspecified atom stereocenters. The topological polar surface area (TPSA) is 38.3 Å². The summed E-state index contributed by atoms with van der Waals surface area (Å²) in [7, 11) is 1.42. The lowest BCUT2D eigenvalue weighted by Crippen LogP contribution is -2.38. The fourth-order valence-electron chi connectivity index (χ4n) is 1.32. The Morgan fingerprint density at radius 2 is 2.27 bits per heavy atom. The molecule has 0 aliphatic rings. The van der Waals surface area contributed by atoms with Crippen LogP contribution in [0.4, 0.5) is 0 Å². The number of rotatable bonds is 8. The molecule has 0 aromatic heterocycles. The lowest BCUT2D eigenvalue weighted by molar-refractivity contribution is -0.143. The summed E-state index contributed by atoms with van der Waals surface area (Å²) in [5.74, 6) is 2.39. The number of unbranched alkanes of at least 4 members (excludes halogenated alkanes) is 2. The summed E-state index contributed by atoms with van der Waals surface area (Å²) in [5.41, 5.74) is 0. The molecule has 0 heterocycles. The third-order valence-electron chi connectivity index (χ3n) is 2.22. The molecular formula is C12H21NO2. The van der Waals surface area contributed by atoms with Gasteiger partial charge in [0.05, 0.1) is 7.11 Å². The van der Waals surface area contributed by atoms with Gasteiger partial charge in [0.15, 0.2) is 0 Å². The molecule has 0 fully saturated rings. The summed E-state index contributed by atoms with van der Waals surface area (Å²) in [6.45, 7) is 2.88. The van der Waals surface area contributed by atoms with E-state index in [1.54, 1.807) is 0 Å². The summed E-state index contributed by atoms with van der Waals surface area (Å²) >= 11 is 0. The van der Waals surface area contributed by atoms with E-state index < -0.39 is 0 Å². The molecule has 0 aromatic rings. The highest BCUT2D eigenvalue weighted by Gasteiger charge is 2.16. The fourth-order valence-corrected chi connectivity index (χ4v) is 1.32. The van der Waals surface area contributed by atoms with Crippen molar-refractivity contribution in [3.8, 4) is 12.3 Å². The molecule has 0 aromatic carbocycles. The zero-order valence-electron chi connectivity index (χ0n) is 9.71. The largest absolute Gasteiger partial charge is 0.468 e. The quantitative estimate of drug-likeness (QED) is 0.377. The highest BCUT2D eigenvalue weighted by atomic mass is 16.5. The van der Waals surface area contributed by atoms with Gasteiger partial charge < -0.3 is 10.1 Å². The molecule has 0 spiro atoms. The number of nitrogens with one attached hydrogen (secondary N) is 1. The minimum atomic E-state index is -0.177. The molecule has 0 saturated heterocycles. The Balaban J connectivity index is 3.80. The van der Waals surface area contributed by atoms with E-state index in [0.29, 0.717) is 0 Å². The van der Waals surface area contributed by atoms with Crippen molar-refractivity contribution in [3.05, 3.63) is 0 Å². The van der Waals surface area contributed by atoms with Gasteiger partial charge in [-0.15, -0.1) is 12.3 Å². The molecular weight excluding hydrogens is 190 g/mol. The first kappa shape index (κ1) is 14.0. The average molecular weight is 211 g/mol. The van der Waals surface area contributed by atoms with Gasteiger partial charge in [0.2, 0.25) is 0 Å². The Labute approximate surface area is 92.6 Å². The van der Waals surface area contributed by atoms with Crippen LogP contribution in [0.3, 0.4) is 0 Å². The summed E-state index contributed by atoms with van der Waals surface area (Å²) in [6, 6.07) is -0.173. The summed E-state index contributed by atoms with van der Waals surface area (Å²) < 4.78 is 4.72. The van der Waals surface area contributed by atoms with Crippen LogP contribution in [0.5, 0.6) is 0 Å². The lowest BCUT2D eigenvalue weighted by Gasteiger charge is -2.15. The van der Waals surface area contributed by atoms with Crippen LogP contribution in [0.25, 0.3) is 0 Å². The molecule has 3 nitrogen and oxygen atoms in total. The molecule has 0 amide bonds. The maximum Gasteiger partial charge on any atom is 0.322 e. The Morgan fingerprint density at radius 1 is 1.53 bits per heavy atom. The van der Waals surface area contributed by atoms with E-state index >= 15 is 0 Å². The molecule has 1 N–H and O–H groups in total. The van der Waals surface area contributed by atoms with Crippen molar-refractivity contribution in [2.24, 2.45) is 0 Å². The first-order chi connectivity index (χ1) is 7.26. The normalized spacial score (nSPS) is 11.8. The van der Waals surface area contributed by atoms with Gasteiger partial charge in [0, 0.05) is 6.42 Å². The second kappa shape index (κ2) is 9.54. The molecule has 0 aliphatic heterocycles. The van der Waals surface area contributed by atoms with E-state index in [1.165, 1.54) is 7.11 Å². The van der Waals surface area contributed by atoms with Gasteiger partial charge in [0.25, 0.3) is 0 Å². The Hall–Kier alpha value is -1.01. The number of carbonyl (C=O) groups is 1. The average Bonchev–Trinajstić information content (AvgIpc) is 2.27. The van der Waals surface area contributed by atoms with Gasteiger partial charge in [-0.25, -0.2) is 0 Å². The number of terminal acetylenes is 1. The van der Waals surface area contributed by atoms with E-state index in [9.17, 15) is 4.79 Å². The number of ether oxygens (including phenoxy) is 1. The first-order valence-electron chi connectivity index (χ1n) is 5.50. The van der Waals surface area contributed by atoms with E-state index in [-0.39, 0.29) is 12.0 Å². The number of esters is 1. The first-order valence-corrected chi connectivity index (χ1v) is 5.50. The van der Waals surface area contributed by atoms with Crippen molar-refractivity contribution >= 4 is 5.97 Å². The SMILES string of the molecule is C#CCCCNC(CCCC)C(=O)OC. The van der Waals surface area contributed by atoms with E-state index in [0.717, 1.165) is 38.6 Å². The Morgan fingerprint density at radius 3 is 2.80 bits per heavy atom. The highest BCUT2D eigenvalue weighted by Crippen LogP contribution is 2.02. The molecule has 0 bridgehead atoms. The molecule has 86 valence electrons. The smallest absolute Gasteiger partial charge is 0.322 e. The van der Waals surface area contributed by atoms with Crippen molar-refractivity contribution in [1.82, 2.24) is 5.32 Å². The summed E-state index contributed by atoms with van der Waals surface area (Å²) in [5, 5.41) is 3.17. The second-order valence-corrected chi connectivity index (χ2v) is 3.48. The van der Waals surface area contributed by atoms with Gasteiger partial charge in [-0.3, -0.25) is 4.79 Å². The van der Waals surface area contributed by atoms with Crippen molar-refractivity contribution < 1.29 is 9.53 Å². The van der Waals surface area contributed by atoms with Crippen molar-refractivity contribution in [2.45, 2.75) is 45.1 Å². The minimum Gasteiger partial charge on any atom is -0.468 e.